The maximum absolute atomic E-state index is 13.4. The van der Waals surface area contributed by atoms with Gasteiger partial charge >= 0.3 is 0 Å². The minimum atomic E-state index is -0.500. The minimum absolute atomic E-state index is 0.0662. The van der Waals surface area contributed by atoms with Crippen molar-refractivity contribution < 1.29 is 23.5 Å². The van der Waals surface area contributed by atoms with Crippen LogP contribution < -0.4 is 20.7 Å². The Balaban J connectivity index is 1.21. The Hall–Kier alpha value is -5.26. The number of nitrogens with zero attached hydrogens (tertiary/aromatic N) is 1. The summed E-state index contributed by atoms with van der Waals surface area (Å²) in [6, 6.07) is 28.9. The van der Waals surface area contributed by atoms with E-state index < -0.39 is 17.1 Å². The predicted octanol–water partition coefficient (Wildman–Crippen LogP) is 7.88. The molecular formula is C36H31FN4O4S2. The van der Waals surface area contributed by atoms with Crippen molar-refractivity contribution in [2.45, 2.75) is 24.0 Å². The first-order valence-electron chi connectivity index (χ1n) is 14.7. The molecule has 3 amide bonds. The molecule has 47 heavy (non-hydrogen) atoms. The molecule has 1 unspecified atom stereocenters. The zero-order valence-corrected chi connectivity index (χ0v) is 27.2. The van der Waals surface area contributed by atoms with E-state index in [1.807, 2.05) is 13.0 Å². The van der Waals surface area contributed by atoms with E-state index in [1.165, 1.54) is 35.2 Å². The average Bonchev–Trinajstić information content (AvgIpc) is 3.55. The van der Waals surface area contributed by atoms with Crippen molar-refractivity contribution >= 4 is 57.7 Å². The van der Waals surface area contributed by atoms with Crippen molar-refractivity contribution in [3.8, 4) is 17.0 Å². The normalized spacial score (nSPS) is 11.8. The number of carbonyl (C=O) groups excluding carboxylic acids is 3. The van der Waals surface area contributed by atoms with Gasteiger partial charge in [-0.25, -0.2) is 9.37 Å². The number of hydrogen-bond acceptors (Lipinski definition) is 7. The second kappa shape index (κ2) is 15.8. The van der Waals surface area contributed by atoms with Crippen LogP contribution in [-0.2, 0) is 9.59 Å². The van der Waals surface area contributed by atoms with E-state index in [0.717, 1.165) is 10.5 Å². The molecule has 0 aliphatic rings. The number of anilines is 2. The molecule has 0 spiro atoms. The summed E-state index contributed by atoms with van der Waals surface area (Å²) in [5.74, 6) is -0.757. The highest BCUT2D eigenvalue weighted by atomic mass is 32.2. The molecule has 8 nitrogen and oxygen atoms in total. The standard InChI is InChI=1S/C36H31FN4O4S2/c1-3-45-29-17-9-24(10-18-29)21-31(39-34(43)26-7-5-4-6-8-26)35(44)38-28-15-19-30(20-16-28)47-23(2)33(42)41-36-40-32(22-46-36)25-11-13-27(37)14-12-25/h4-23H,3H2,1-2H3,(H,38,44)(H,39,43)(H,40,41,42)/b31-21-. The molecule has 1 aromatic heterocycles. The molecule has 5 rings (SSSR count). The second-order valence-corrected chi connectivity index (χ2v) is 12.4. The number of thioether (sulfide) groups is 1. The quantitative estimate of drug-likeness (QED) is 0.0924. The van der Waals surface area contributed by atoms with E-state index in [9.17, 15) is 18.8 Å². The third-order valence-corrected chi connectivity index (χ3v) is 8.57. The smallest absolute Gasteiger partial charge is 0.272 e. The highest BCUT2D eigenvalue weighted by molar-refractivity contribution is 8.00. The summed E-state index contributed by atoms with van der Waals surface area (Å²) in [6.07, 6.45) is 1.60. The molecule has 5 aromatic rings. The Kier molecular flexibility index (Phi) is 11.2. The van der Waals surface area contributed by atoms with Gasteiger partial charge in [-0.1, -0.05) is 30.3 Å². The first-order chi connectivity index (χ1) is 22.8. The molecule has 11 heteroatoms. The average molecular weight is 667 g/mol. The monoisotopic (exact) mass is 666 g/mol. The van der Waals surface area contributed by atoms with Crippen molar-refractivity contribution in [2.75, 3.05) is 17.2 Å². The van der Waals surface area contributed by atoms with Gasteiger partial charge in [0.25, 0.3) is 11.8 Å². The van der Waals surface area contributed by atoms with Crippen LogP contribution in [-0.4, -0.2) is 34.6 Å². The minimum Gasteiger partial charge on any atom is -0.494 e. The van der Waals surface area contributed by atoms with Gasteiger partial charge < -0.3 is 20.7 Å². The van der Waals surface area contributed by atoms with Gasteiger partial charge in [-0.3, -0.25) is 14.4 Å². The number of rotatable bonds is 12. The highest BCUT2D eigenvalue weighted by Crippen LogP contribution is 2.28. The third-order valence-electron chi connectivity index (χ3n) is 6.70. The van der Waals surface area contributed by atoms with E-state index in [-0.39, 0.29) is 17.4 Å². The van der Waals surface area contributed by atoms with Crippen molar-refractivity contribution in [3.63, 3.8) is 0 Å². The lowest BCUT2D eigenvalue weighted by Crippen LogP contribution is -2.30. The van der Waals surface area contributed by atoms with Crippen LogP contribution in [0.4, 0.5) is 15.2 Å². The lowest BCUT2D eigenvalue weighted by Gasteiger charge is -2.13. The van der Waals surface area contributed by atoms with Crippen molar-refractivity contribution in [3.05, 3.63) is 131 Å². The third kappa shape index (κ3) is 9.38. The van der Waals surface area contributed by atoms with Gasteiger partial charge in [0.05, 0.1) is 17.6 Å². The number of carbonyl (C=O) groups is 3. The Labute approximate surface area is 280 Å². The summed E-state index contributed by atoms with van der Waals surface area (Å²) in [4.78, 5) is 44.5. The van der Waals surface area contributed by atoms with E-state index in [1.54, 1.807) is 103 Å². The number of nitrogens with one attached hydrogen (secondary N) is 3. The summed E-state index contributed by atoms with van der Waals surface area (Å²) in [7, 11) is 0. The molecule has 0 saturated heterocycles. The first-order valence-corrected chi connectivity index (χ1v) is 16.4. The lowest BCUT2D eigenvalue weighted by molar-refractivity contribution is -0.115. The zero-order valence-electron chi connectivity index (χ0n) is 25.5. The molecular weight excluding hydrogens is 636 g/mol. The van der Waals surface area contributed by atoms with Crippen LogP contribution in [0.15, 0.2) is 119 Å². The Morgan fingerprint density at radius 2 is 1.62 bits per heavy atom. The summed E-state index contributed by atoms with van der Waals surface area (Å²) in [5, 5.41) is 10.2. The van der Waals surface area contributed by atoms with Crippen LogP contribution in [0.3, 0.4) is 0 Å². The molecule has 0 fully saturated rings. The van der Waals surface area contributed by atoms with Gasteiger partial charge in [0.1, 0.15) is 17.3 Å². The number of amides is 3. The van der Waals surface area contributed by atoms with Crippen LogP contribution in [0.5, 0.6) is 5.75 Å². The van der Waals surface area contributed by atoms with Crippen LogP contribution in [0.25, 0.3) is 17.3 Å². The summed E-state index contributed by atoms with van der Waals surface area (Å²) >= 11 is 2.65. The molecule has 0 saturated carbocycles. The van der Waals surface area contributed by atoms with Gasteiger partial charge in [-0.2, -0.15) is 0 Å². The molecule has 0 aliphatic heterocycles. The van der Waals surface area contributed by atoms with E-state index in [4.69, 9.17) is 4.74 Å². The van der Waals surface area contributed by atoms with Crippen molar-refractivity contribution in [1.29, 1.82) is 0 Å². The largest absolute Gasteiger partial charge is 0.494 e. The molecule has 1 heterocycles. The first kappa shape index (κ1) is 33.1. The maximum atomic E-state index is 13.4. The van der Waals surface area contributed by atoms with Gasteiger partial charge in [0, 0.05) is 27.1 Å². The van der Waals surface area contributed by atoms with Crippen LogP contribution >= 0.6 is 23.1 Å². The van der Waals surface area contributed by atoms with Crippen molar-refractivity contribution in [2.24, 2.45) is 0 Å². The van der Waals surface area contributed by atoms with Crippen molar-refractivity contribution in [1.82, 2.24) is 10.3 Å². The van der Waals surface area contributed by atoms with Gasteiger partial charge in [-0.15, -0.1) is 23.1 Å². The van der Waals surface area contributed by atoms with Gasteiger partial charge in [0.2, 0.25) is 5.91 Å². The summed E-state index contributed by atoms with van der Waals surface area (Å²) in [5.41, 5.74) is 3.11. The Morgan fingerprint density at radius 3 is 2.30 bits per heavy atom. The number of hydrogen-bond donors (Lipinski definition) is 3. The topological polar surface area (TPSA) is 109 Å². The maximum Gasteiger partial charge on any atom is 0.272 e. The SMILES string of the molecule is CCOc1ccc(/C=C(\NC(=O)c2ccccc2)C(=O)Nc2ccc(SC(C)C(=O)Nc3nc(-c4ccc(F)cc4)cs3)cc2)cc1. The van der Waals surface area contributed by atoms with Crippen LogP contribution in [0.2, 0.25) is 0 Å². The molecule has 3 N–H and O–H groups in total. The second-order valence-electron chi connectivity index (χ2n) is 10.2. The Morgan fingerprint density at radius 1 is 0.915 bits per heavy atom. The Bertz CT molecular complexity index is 1860. The molecule has 1 atom stereocenters. The van der Waals surface area contributed by atoms with Crippen LogP contribution in [0, 0.1) is 5.82 Å². The van der Waals surface area contributed by atoms with Gasteiger partial charge in [-0.05, 0) is 98.3 Å². The zero-order chi connectivity index (χ0) is 33.2. The molecule has 0 bridgehead atoms. The number of benzene rings is 4. The predicted molar refractivity (Wildman–Crippen MR) is 186 cm³/mol. The fraction of sp³-hybridized carbons (Fsp3) is 0.111. The number of aromatic nitrogens is 1. The molecule has 4 aromatic carbocycles. The molecule has 238 valence electrons. The van der Waals surface area contributed by atoms with Gasteiger partial charge in [0.15, 0.2) is 5.13 Å². The summed E-state index contributed by atoms with van der Waals surface area (Å²) < 4.78 is 18.7. The summed E-state index contributed by atoms with van der Waals surface area (Å²) in [6.45, 7) is 4.22. The number of halogens is 1. The molecule has 0 aliphatic carbocycles. The lowest BCUT2D eigenvalue weighted by atomic mass is 10.1. The number of ether oxygens (including phenoxy) is 1. The van der Waals surface area contributed by atoms with E-state index in [0.29, 0.717) is 40.0 Å². The van der Waals surface area contributed by atoms with E-state index in [2.05, 4.69) is 20.9 Å². The fourth-order valence-corrected chi connectivity index (χ4v) is 5.89. The van der Waals surface area contributed by atoms with Crippen LogP contribution in [0.1, 0.15) is 29.8 Å². The number of thiazole rings is 1. The fourth-order valence-electron chi connectivity index (χ4n) is 4.30. The van der Waals surface area contributed by atoms with E-state index >= 15 is 0 Å². The highest BCUT2D eigenvalue weighted by Gasteiger charge is 2.18. The molecule has 0 radical (unpaired) electrons.